The number of aryl methyl sites for hydroxylation is 1. The summed E-state index contributed by atoms with van der Waals surface area (Å²) in [6.45, 7) is 3.24. The van der Waals surface area contributed by atoms with Gasteiger partial charge < -0.3 is 14.5 Å². The Labute approximate surface area is 146 Å². The van der Waals surface area contributed by atoms with Crippen molar-refractivity contribution < 1.29 is 9.47 Å². The molecule has 0 spiro atoms. The van der Waals surface area contributed by atoms with Gasteiger partial charge in [-0.3, -0.25) is 4.98 Å². The number of hydrogen-bond donors (Lipinski definition) is 1. The first kappa shape index (κ1) is 15.5. The first-order valence-corrected chi connectivity index (χ1v) is 8.49. The van der Waals surface area contributed by atoms with Crippen molar-refractivity contribution in [2.45, 2.75) is 13.3 Å². The lowest BCUT2D eigenvalue weighted by atomic mass is 10.2. The monoisotopic (exact) mass is 332 g/mol. The number of nitrogens with one attached hydrogen (secondary N) is 1. The van der Waals surface area contributed by atoms with Crippen molar-refractivity contribution in [3.8, 4) is 11.5 Å². The second-order valence-electron chi connectivity index (χ2n) is 6.05. The fraction of sp³-hybridized carbons (Fsp3) is 0.190. The number of pyridine rings is 1. The normalized spacial score (nSPS) is 11.1. The Kier molecular flexibility index (Phi) is 4.25. The molecule has 2 aromatic heterocycles. The zero-order valence-electron chi connectivity index (χ0n) is 14.2. The molecule has 0 radical (unpaired) electrons. The predicted molar refractivity (Wildman–Crippen MR) is 100 cm³/mol. The molecule has 0 aliphatic carbocycles. The van der Waals surface area contributed by atoms with Gasteiger partial charge in [0.05, 0.1) is 18.7 Å². The molecule has 0 aliphatic heterocycles. The third kappa shape index (κ3) is 3.43. The molecule has 0 saturated carbocycles. The van der Waals surface area contributed by atoms with Gasteiger partial charge in [-0.2, -0.15) is 0 Å². The van der Waals surface area contributed by atoms with Crippen LogP contribution in [0.5, 0.6) is 11.5 Å². The third-order valence-corrected chi connectivity index (χ3v) is 4.17. The number of rotatable bonds is 6. The average molecular weight is 332 g/mol. The van der Waals surface area contributed by atoms with E-state index in [2.05, 4.69) is 16.0 Å². The third-order valence-electron chi connectivity index (χ3n) is 4.17. The average Bonchev–Trinajstić information content (AvgIpc) is 3.11. The van der Waals surface area contributed by atoms with Crippen LogP contribution in [0.3, 0.4) is 0 Å². The van der Waals surface area contributed by atoms with Gasteiger partial charge in [-0.25, -0.2) is 0 Å². The molecule has 126 valence electrons. The maximum absolute atomic E-state index is 5.89. The maximum atomic E-state index is 5.89. The summed E-state index contributed by atoms with van der Waals surface area (Å²) in [5.41, 5.74) is 3.11. The van der Waals surface area contributed by atoms with E-state index in [1.165, 1.54) is 0 Å². The molecule has 0 amide bonds. The summed E-state index contributed by atoms with van der Waals surface area (Å²) >= 11 is 0. The Bertz CT molecular complexity index is 1010. The highest BCUT2D eigenvalue weighted by Gasteiger charge is 2.03. The van der Waals surface area contributed by atoms with Crippen LogP contribution in [0.25, 0.3) is 21.8 Å². The number of ether oxygens (including phenoxy) is 2. The van der Waals surface area contributed by atoms with E-state index in [-0.39, 0.29) is 0 Å². The largest absolute Gasteiger partial charge is 0.493 e. The Hall–Kier alpha value is -3.01. The summed E-state index contributed by atoms with van der Waals surface area (Å²) in [5.74, 6) is 1.77. The predicted octanol–water partition coefficient (Wildman–Crippen LogP) is 4.87. The minimum absolute atomic E-state index is 0.619. The molecule has 0 saturated heterocycles. The molecule has 1 N–H and O–H groups in total. The van der Waals surface area contributed by atoms with Crippen molar-refractivity contribution >= 4 is 21.8 Å². The van der Waals surface area contributed by atoms with Gasteiger partial charge >= 0.3 is 0 Å². The molecule has 0 fully saturated rings. The number of hydrogen-bond acceptors (Lipinski definition) is 3. The van der Waals surface area contributed by atoms with Gasteiger partial charge in [-0.05, 0) is 49.4 Å². The molecule has 0 aliphatic rings. The number of benzene rings is 2. The summed E-state index contributed by atoms with van der Waals surface area (Å²) in [5, 5.41) is 2.21. The lowest BCUT2D eigenvalue weighted by Crippen LogP contribution is -2.05. The van der Waals surface area contributed by atoms with Crippen LogP contribution in [0.1, 0.15) is 12.1 Å². The Morgan fingerprint density at radius 2 is 1.88 bits per heavy atom. The first-order valence-electron chi connectivity index (χ1n) is 8.49. The summed E-state index contributed by atoms with van der Waals surface area (Å²) < 4.78 is 11.7. The summed E-state index contributed by atoms with van der Waals surface area (Å²) in [6, 6.07) is 18.2. The van der Waals surface area contributed by atoms with Gasteiger partial charge in [0.15, 0.2) is 0 Å². The topological polar surface area (TPSA) is 47.1 Å². The van der Waals surface area contributed by atoms with Gasteiger partial charge in [0.2, 0.25) is 0 Å². The summed E-state index contributed by atoms with van der Waals surface area (Å²) in [4.78, 5) is 7.69. The standard InChI is InChI=1S/C21H20N2O2/c1-15-6-7-16-14-17(8-9-19(16)23-15)24-12-3-13-25-21-5-2-4-20-18(21)10-11-22-20/h2,4-11,14,22H,3,12-13H2,1H3. The Morgan fingerprint density at radius 1 is 0.960 bits per heavy atom. The molecule has 2 aromatic carbocycles. The van der Waals surface area contributed by atoms with Crippen LogP contribution >= 0.6 is 0 Å². The van der Waals surface area contributed by atoms with Crippen molar-refractivity contribution in [3.05, 3.63) is 66.5 Å². The maximum Gasteiger partial charge on any atom is 0.128 e. The van der Waals surface area contributed by atoms with Crippen LogP contribution in [-0.4, -0.2) is 23.2 Å². The van der Waals surface area contributed by atoms with Crippen LogP contribution in [-0.2, 0) is 0 Å². The van der Waals surface area contributed by atoms with Gasteiger partial charge in [0.25, 0.3) is 0 Å². The second kappa shape index (κ2) is 6.85. The van der Waals surface area contributed by atoms with E-state index in [1.807, 2.05) is 61.7 Å². The lowest BCUT2D eigenvalue weighted by molar-refractivity contribution is 0.249. The smallest absolute Gasteiger partial charge is 0.128 e. The van der Waals surface area contributed by atoms with Gasteiger partial charge in [0.1, 0.15) is 11.5 Å². The quantitative estimate of drug-likeness (QED) is 0.512. The van der Waals surface area contributed by atoms with Crippen molar-refractivity contribution in [2.75, 3.05) is 13.2 Å². The first-order chi connectivity index (χ1) is 12.3. The molecular weight excluding hydrogens is 312 g/mol. The van der Waals surface area contributed by atoms with Crippen LogP contribution in [0.4, 0.5) is 0 Å². The Balaban J connectivity index is 1.31. The molecule has 25 heavy (non-hydrogen) atoms. The van der Waals surface area contributed by atoms with E-state index in [4.69, 9.17) is 9.47 Å². The minimum atomic E-state index is 0.619. The van der Waals surface area contributed by atoms with E-state index in [9.17, 15) is 0 Å². The molecule has 4 aromatic rings. The van der Waals surface area contributed by atoms with Crippen LogP contribution in [0.2, 0.25) is 0 Å². The number of nitrogens with zero attached hydrogens (tertiary/aromatic N) is 1. The van der Waals surface area contributed by atoms with E-state index in [0.717, 1.165) is 45.4 Å². The fourth-order valence-corrected chi connectivity index (χ4v) is 2.91. The lowest BCUT2D eigenvalue weighted by Gasteiger charge is -2.09. The van der Waals surface area contributed by atoms with Crippen molar-refractivity contribution in [3.63, 3.8) is 0 Å². The molecule has 4 rings (SSSR count). The molecule has 2 heterocycles. The molecule has 0 unspecified atom stereocenters. The minimum Gasteiger partial charge on any atom is -0.493 e. The Morgan fingerprint density at radius 3 is 2.84 bits per heavy atom. The SMILES string of the molecule is Cc1ccc2cc(OCCCOc3cccc4[nH]ccc34)ccc2n1. The number of fused-ring (bicyclic) bond motifs is 2. The highest BCUT2D eigenvalue weighted by molar-refractivity contribution is 5.85. The zero-order chi connectivity index (χ0) is 17.1. The van der Waals surface area contributed by atoms with Crippen LogP contribution in [0, 0.1) is 6.92 Å². The van der Waals surface area contributed by atoms with Crippen LogP contribution in [0.15, 0.2) is 60.8 Å². The van der Waals surface area contributed by atoms with Crippen molar-refractivity contribution in [1.82, 2.24) is 9.97 Å². The zero-order valence-corrected chi connectivity index (χ0v) is 14.2. The molecule has 0 atom stereocenters. The van der Waals surface area contributed by atoms with Gasteiger partial charge in [0, 0.05) is 34.6 Å². The molecule has 0 bridgehead atoms. The number of aromatic nitrogens is 2. The molecule has 4 nitrogen and oxygen atoms in total. The van der Waals surface area contributed by atoms with E-state index >= 15 is 0 Å². The number of H-pyrrole nitrogens is 1. The summed E-state index contributed by atoms with van der Waals surface area (Å²) in [7, 11) is 0. The van der Waals surface area contributed by atoms with Crippen LogP contribution < -0.4 is 9.47 Å². The second-order valence-corrected chi connectivity index (χ2v) is 6.05. The van der Waals surface area contributed by atoms with E-state index < -0.39 is 0 Å². The highest BCUT2D eigenvalue weighted by atomic mass is 16.5. The van der Waals surface area contributed by atoms with E-state index in [1.54, 1.807) is 0 Å². The summed E-state index contributed by atoms with van der Waals surface area (Å²) in [6.07, 6.45) is 2.75. The highest BCUT2D eigenvalue weighted by Crippen LogP contribution is 2.24. The van der Waals surface area contributed by atoms with Crippen molar-refractivity contribution in [1.29, 1.82) is 0 Å². The van der Waals surface area contributed by atoms with Gasteiger partial charge in [-0.1, -0.05) is 12.1 Å². The van der Waals surface area contributed by atoms with E-state index in [0.29, 0.717) is 13.2 Å². The molecular formula is C21H20N2O2. The number of aromatic amines is 1. The molecule has 4 heteroatoms. The van der Waals surface area contributed by atoms with Crippen molar-refractivity contribution in [2.24, 2.45) is 0 Å². The van der Waals surface area contributed by atoms with Gasteiger partial charge in [-0.15, -0.1) is 0 Å². The fourth-order valence-electron chi connectivity index (χ4n) is 2.91.